The van der Waals surface area contributed by atoms with Crippen LogP contribution in [0.1, 0.15) is 6.92 Å². The van der Waals surface area contributed by atoms with Crippen LogP contribution in [0, 0.1) is 0 Å². The van der Waals surface area contributed by atoms with E-state index in [-0.39, 0.29) is 5.91 Å². The molecule has 17 heavy (non-hydrogen) atoms. The third kappa shape index (κ3) is 2.55. The molecule has 1 amide bonds. The van der Waals surface area contributed by atoms with Crippen molar-refractivity contribution in [3.8, 4) is 5.69 Å². The van der Waals surface area contributed by atoms with Gasteiger partial charge < -0.3 is 4.90 Å². The maximum atomic E-state index is 11.2. The van der Waals surface area contributed by atoms with Gasteiger partial charge in [0.15, 0.2) is 0 Å². The van der Waals surface area contributed by atoms with Crippen molar-refractivity contribution in [3.63, 3.8) is 0 Å². The van der Waals surface area contributed by atoms with E-state index < -0.39 is 0 Å². The molecule has 88 valence electrons. The second-order valence-electron chi connectivity index (χ2n) is 3.70. The van der Waals surface area contributed by atoms with Crippen LogP contribution >= 0.6 is 15.9 Å². The van der Waals surface area contributed by atoms with Gasteiger partial charge in [0.05, 0.1) is 23.8 Å². The van der Waals surface area contributed by atoms with Crippen molar-refractivity contribution >= 4 is 27.5 Å². The molecule has 1 aromatic carbocycles. The maximum Gasteiger partial charge on any atom is 0.223 e. The predicted octanol–water partition coefficient (Wildman–Crippen LogP) is 2.62. The molecular weight excluding hydrogens is 282 g/mol. The Morgan fingerprint density at radius 1 is 1.47 bits per heavy atom. The standard InChI is InChI=1S/C12H12BrN3O/c1-9(17)15(2)12-7-14-16(8-12)11-5-3-4-10(13)6-11/h3-8H,1-2H3. The average molecular weight is 294 g/mol. The maximum absolute atomic E-state index is 11.2. The first kappa shape index (κ1) is 11.9. The first-order valence-corrected chi connectivity index (χ1v) is 5.92. The average Bonchev–Trinajstić information content (AvgIpc) is 2.77. The smallest absolute Gasteiger partial charge is 0.223 e. The van der Waals surface area contributed by atoms with Crippen LogP contribution in [0.4, 0.5) is 5.69 Å². The minimum atomic E-state index is -0.0150. The van der Waals surface area contributed by atoms with Crippen LogP contribution in [0.2, 0.25) is 0 Å². The molecule has 0 bridgehead atoms. The minimum Gasteiger partial charge on any atom is -0.313 e. The molecule has 2 rings (SSSR count). The zero-order chi connectivity index (χ0) is 12.4. The number of amides is 1. The molecule has 0 unspecified atom stereocenters. The Hall–Kier alpha value is -1.62. The van der Waals surface area contributed by atoms with Crippen molar-refractivity contribution < 1.29 is 4.79 Å². The first-order valence-electron chi connectivity index (χ1n) is 5.13. The van der Waals surface area contributed by atoms with Crippen LogP contribution in [0.5, 0.6) is 0 Å². The second-order valence-corrected chi connectivity index (χ2v) is 4.62. The SMILES string of the molecule is CC(=O)N(C)c1cnn(-c2cccc(Br)c2)c1. The molecule has 5 heteroatoms. The number of carbonyl (C=O) groups is 1. The van der Waals surface area contributed by atoms with Gasteiger partial charge >= 0.3 is 0 Å². The highest BCUT2D eigenvalue weighted by Crippen LogP contribution is 2.18. The number of aromatic nitrogens is 2. The van der Waals surface area contributed by atoms with Gasteiger partial charge in [-0.2, -0.15) is 5.10 Å². The lowest BCUT2D eigenvalue weighted by molar-refractivity contribution is -0.116. The largest absolute Gasteiger partial charge is 0.313 e. The Morgan fingerprint density at radius 3 is 2.88 bits per heavy atom. The van der Waals surface area contributed by atoms with Gasteiger partial charge in [0, 0.05) is 18.4 Å². The number of carbonyl (C=O) groups excluding carboxylic acids is 1. The van der Waals surface area contributed by atoms with Crippen molar-refractivity contribution in [1.82, 2.24) is 9.78 Å². The lowest BCUT2D eigenvalue weighted by Crippen LogP contribution is -2.22. The highest BCUT2D eigenvalue weighted by Gasteiger charge is 2.08. The van der Waals surface area contributed by atoms with Gasteiger partial charge in [0.25, 0.3) is 0 Å². The quantitative estimate of drug-likeness (QED) is 0.854. The number of benzene rings is 1. The molecule has 2 aromatic rings. The third-order valence-electron chi connectivity index (χ3n) is 2.50. The summed E-state index contributed by atoms with van der Waals surface area (Å²) in [6.07, 6.45) is 3.49. The Balaban J connectivity index is 2.33. The molecular formula is C12H12BrN3O. The highest BCUT2D eigenvalue weighted by atomic mass is 79.9. The molecule has 1 aromatic heterocycles. The summed E-state index contributed by atoms with van der Waals surface area (Å²) >= 11 is 3.41. The van der Waals surface area contributed by atoms with Crippen LogP contribution in [0.15, 0.2) is 41.1 Å². The topological polar surface area (TPSA) is 38.1 Å². The highest BCUT2D eigenvalue weighted by molar-refractivity contribution is 9.10. The second kappa shape index (κ2) is 4.71. The van der Waals surface area contributed by atoms with Crippen LogP contribution in [-0.2, 0) is 4.79 Å². The van der Waals surface area contributed by atoms with E-state index in [9.17, 15) is 4.79 Å². The van der Waals surface area contributed by atoms with Crippen molar-refractivity contribution in [2.24, 2.45) is 0 Å². The Kier molecular flexibility index (Phi) is 3.28. The van der Waals surface area contributed by atoms with Crippen LogP contribution in [-0.4, -0.2) is 22.7 Å². The van der Waals surface area contributed by atoms with Gasteiger partial charge in [0.1, 0.15) is 0 Å². The fourth-order valence-electron chi connectivity index (χ4n) is 1.43. The van der Waals surface area contributed by atoms with Crippen LogP contribution in [0.25, 0.3) is 5.69 Å². The lowest BCUT2D eigenvalue weighted by Gasteiger charge is -2.10. The Morgan fingerprint density at radius 2 is 2.24 bits per heavy atom. The summed E-state index contributed by atoms with van der Waals surface area (Å²) in [7, 11) is 1.73. The fraction of sp³-hybridized carbons (Fsp3) is 0.167. The molecule has 0 aliphatic carbocycles. The molecule has 0 aliphatic rings. The zero-order valence-corrected chi connectivity index (χ0v) is 11.2. The van der Waals surface area contributed by atoms with Gasteiger partial charge in [-0.25, -0.2) is 4.68 Å². The van der Waals surface area contributed by atoms with E-state index in [1.54, 1.807) is 22.8 Å². The van der Waals surface area contributed by atoms with Crippen molar-refractivity contribution in [2.45, 2.75) is 6.92 Å². The molecule has 0 spiro atoms. The molecule has 0 radical (unpaired) electrons. The minimum absolute atomic E-state index is 0.0150. The van der Waals surface area contributed by atoms with Crippen molar-refractivity contribution in [3.05, 3.63) is 41.1 Å². The third-order valence-corrected chi connectivity index (χ3v) is 2.99. The Labute approximate surface area is 108 Å². The zero-order valence-electron chi connectivity index (χ0n) is 9.59. The number of hydrogen-bond acceptors (Lipinski definition) is 2. The predicted molar refractivity (Wildman–Crippen MR) is 70.3 cm³/mol. The van der Waals surface area contributed by atoms with E-state index >= 15 is 0 Å². The van der Waals surface area contributed by atoms with Crippen LogP contribution < -0.4 is 4.90 Å². The summed E-state index contributed by atoms with van der Waals surface area (Å²) in [6, 6.07) is 7.81. The van der Waals surface area contributed by atoms with E-state index in [2.05, 4.69) is 21.0 Å². The molecule has 0 saturated heterocycles. The molecule has 1 heterocycles. The number of halogens is 1. The normalized spacial score (nSPS) is 10.3. The summed E-state index contributed by atoms with van der Waals surface area (Å²) in [4.78, 5) is 12.8. The summed E-state index contributed by atoms with van der Waals surface area (Å²) in [5.74, 6) is -0.0150. The van der Waals surface area contributed by atoms with Crippen molar-refractivity contribution in [2.75, 3.05) is 11.9 Å². The first-order chi connectivity index (χ1) is 8.08. The summed E-state index contributed by atoms with van der Waals surface area (Å²) in [5.41, 5.74) is 1.72. The van der Waals surface area contributed by atoms with E-state index in [4.69, 9.17) is 0 Å². The van der Waals surface area contributed by atoms with E-state index in [0.29, 0.717) is 0 Å². The Bertz CT molecular complexity index is 550. The molecule has 0 fully saturated rings. The molecule has 4 nitrogen and oxygen atoms in total. The number of anilines is 1. The molecule has 0 aliphatic heterocycles. The van der Waals surface area contributed by atoms with Gasteiger partial charge in [-0.15, -0.1) is 0 Å². The van der Waals surface area contributed by atoms with Gasteiger partial charge in [-0.3, -0.25) is 4.79 Å². The fourth-order valence-corrected chi connectivity index (χ4v) is 1.82. The summed E-state index contributed by atoms with van der Waals surface area (Å²) in [5, 5.41) is 4.23. The number of hydrogen-bond donors (Lipinski definition) is 0. The number of nitrogens with zero attached hydrogens (tertiary/aromatic N) is 3. The molecule has 0 atom stereocenters. The lowest BCUT2D eigenvalue weighted by atomic mass is 10.3. The summed E-state index contributed by atoms with van der Waals surface area (Å²) < 4.78 is 2.73. The van der Waals surface area contributed by atoms with E-state index in [0.717, 1.165) is 15.8 Å². The van der Waals surface area contributed by atoms with Gasteiger partial charge in [-0.05, 0) is 18.2 Å². The van der Waals surface area contributed by atoms with Crippen molar-refractivity contribution in [1.29, 1.82) is 0 Å². The number of rotatable bonds is 2. The van der Waals surface area contributed by atoms with E-state index in [1.165, 1.54) is 6.92 Å². The molecule has 0 saturated carbocycles. The van der Waals surface area contributed by atoms with Crippen LogP contribution in [0.3, 0.4) is 0 Å². The van der Waals surface area contributed by atoms with Gasteiger partial charge in [0.2, 0.25) is 5.91 Å². The molecule has 0 N–H and O–H groups in total. The van der Waals surface area contributed by atoms with Gasteiger partial charge in [-0.1, -0.05) is 22.0 Å². The monoisotopic (exact) mass is 293 g/mol. The van der Waals surface area contributed by atoms with E-state index in [1.807, 2.05) is 30.5 Å². The summed E-state index contributed by atoms with van der Waals surface area (Å²) in [6.45, 7) is 1.52.